The van der Waals surface area contributed by atoms with Gasteiger partial charge in [0.05, 0.1) is 12.2 Å². The van der Waals surface area contributed by atoms with Crippen LogP contribution in [0.15, 0.2) is 24.3 Å². The summed E-state index contributed by atoms with van der Waals surface area (Å²) in [7, 11) is -3.78. The van der Waals surface area contributed by atoms with E-state index in [2.05, 4.69) is 4.72 Å². The lowest BCUT2D eigenvalue weighted by molar-refractivity contribution is -0.129. The third-order valence-electron chi connectivity index (χ3n) is 4.00. The zero-order valence-corrected chi connectivity index (χ0v) is 16.4. The summed E-state index contributed by atoms with van der Waals surface area (Å²) >= 11 is 0. The summed E-state index contributed by atoms with van der Waals surface area (Å²) < 4.78 is 38.1. The lowest BCUT2D eigenvalue weighted by atomic mass is 10.2. The molecule has 26 heavy (non-hydrogen) atoms. The van der Waals surface area contributed by atoms with E-state index in [1.54, 1.807) is 24.3 Å². The van der Waals surface area contributed by atoms with Gasteiger partial charge in [-0.1, -0.05) is 0 Å². The summed E-state index contributed by atoms with van der Waals surface area (Å²) in [4.78, 5) is 13.9. The molecular weight excluding hydrogens is 356 g/mol. The summed E-state index contributed by atoms with van der Waals surface area (Å²) in [6, 6.07) is 6.61. The first-order chi connectivity index (χ1) is 12.3. The van der Waals surface area contributed by atoms with Gasteiger partial charge in [0.15, 0.2) is 0 Å². The normalized spacial score (nSPS) is 17.3. The molecule has 1 amide bonds. The van der Waals surface area contributed by atoms with E-state index in [9.17, 15) is 13.2 Å². The lowest BCUT2D eigenvalue weighted by Gasteiger charge is -2.24. The van der Waals surface area contributed by atoms with Crippen LogP contribution in [0.1, 0.15) is 33.6 Å². The largest absolute Gasteiger partial charge is 0.491 e. The topological polar surface area (TPSA) is 84.9 Å². The van der Waals surface area contributed by atoms with Crippen LogP contribution in [-0.2, 0) is 19.6 Å². The van der Waals surface area contributed by atoms with Gasteiger partial charge in [0.1, 0.15) is 11.5 Å². The van der Waals surface area contributed by atoms with Crippen LogP contribution in [0.4, 0.5) is 5.69 Å². The SMILES string of the molecule is CCN(CC1CCCO1)C(=O)CS(=O)(=O)Nc1ccc(OC(C)C)cc1. The van der Waals surface area contributed by atoms with Gasteiger partial charge in [0.25, 0.3) is 0 Å². The molecule has 1 aliphatic heterocycles. The quantitative estimate of drug-likeness (QED) is 0.706. The van der Waals surface area contributed by atoms with Crippen LogP contribution >= 0.6 is 0 Å². The molecule has 0 bridgehead atoms. The summed E-state index contributed by atoms with van der Waals surface area (Å²) in [5, 5.41) is 0. The van der Waals surface area contributed by atoms with Gasteiger partial charge in [-0.25, -0.2) is 8.42 Å². The highest BCUT2D eigenvalue weighted by Crippen LogP contribution is 2.18. The molecule has 0 saturated carbocycles. The predicted octanol–water partition coefficient (Wildman–Crippen LogP) is 2.24. The van der Waals surface area contributed by atoms with Crippen molar-refractivity contribution in [3.8, 4) is 5.75 Å². The molecule has 8 heteroatoms. The minimum Gasteiger partial charge on any atom is -0.491 e. The number of hydrogen-bond acceptors (Lipinski definition) is 5. The van der Waals surface area contributed by atoms with Crippen LogP contribution in [0.2, 0.25) is 0 Å². The van der Waals surface area contributed by atoms with Crippen LogP contribution in [0.3, 0.4) is 0 Å². The fraction of sp³-hybridized carbons (Fsp3) is 0.611. The molecular formula is C18H28N2O5S. The van der Waals surface area contributed by atoms with Crippen molar-refractivity contribution in [1.29, 1.82) is 0 Å². The zero-order chi connectivity index (χ0) is 19.2. The van der Waals surface area contributed by atoms with E-state index in [1.165, 1.54) is 4.90 Å². The maximum Gasteiger partial charge on any atom is 0.241 e. The Hall–Kier alpha value is -1.80. The molecule has 0 radical (unpaired) electrons. The number of carbonyl (C=O) groups excluding carboxylic acids is 1. The molecule has 2 rings (SSSR count). The van der Waals surface area contributed by atoms with Crippen LogP contribution in [0.25, 0.3) is 0 Å². The van der Waals surface area contributed by atoms with Crippen molar-refractivity contribution >= 4 is 21.6 Å². The molecule has 1 unspecified atom stereocenters. The Balaban J connectivity index is 1.92. The molecule has 1 aromatic carbocycles. The fourth-order valence-corrected chi connectivity index (χ4v) is 3.86. The van der Waals surface area contributed by atoms with Crippen molar-refractivity contribution < 1.29 is 22.7 Å². The molecule has 1 atom stereocenters. The number of likely N-dealkylation sites (N-methyl/N-ethyl adjacent to an activating group) is 1. The highest BCUT2D eigenvalue weighted by atomic mass is 32.2. The van der Waals surface area contributed by atoms with Crippen LogP contribution < -0.4 is 9.46 Å². The number of rotatable bonds is 9. The zero-order valence-electron chi connectivity index (χ0n) is 15.6. The molecule has 0 aromatic heterocycles. The summed E-state index contributed by atoms with van der Waals surface area (Å²) in [5.74, 6) is -0.347. The van der Waals surface area contributed by atoms with E-state index in [0.29, 0.717) is 31.1 Å². The minimum atomic E-state index is -3.78. The molecule has 0 spiro atoms. The summed E-state index contributed by atoms with van der Waals surface area (Å²) in [6.45, 7) is 7.26. The standard InChI is InChI=1S/C18H28N2O5S/c1-4-20(12-17-6-5-11-24-17)18(21)13-26(22,23)19-15-7-9-16(10-8-15)25-14(2)3/h7-10,14,17,19H,4-6,11-13H2,1-3H3. The number of sulfonamides is 1. The summed E-state index contributed by atoms with van der Waals surface area (Å²) in [5.41, 5.74) is 0.399. The number of benzene rings is 1. The van der Waals surface area contributed by atoms with E-state index in [4.69, 9.17) is 9.47 Å². The Bertz CT molecular complexity index is 682. The van der Waals surface area contributed by atoms with E-state index in [-0.39, 0.29) is 12.2 Å². The molecule has 7 nitrogen and oxygen atoms in total. The molecule has 146 valence electrons. The Labute approximate surface area is 155 Å². The molecule has 0 aliphatic carbocycles. The minimum absolute atomic E-state index is 0.00284. The van der Waals surface area contributed by atoms with Crippen molar-refractivity contribution in [2.75, 3.05) is 30.2 Å². The number of hydrogen-bond donors (Lipinski definition) is 1. The molecule has 1 heterocycles. The summed E-state index contributed by atoms with van der Waals surface area (Å²) in [6.07, 6.45) is 1.92. The van der Waals surface area contributed by atoms with Gasteiger partial charge in [0.2, 0.25) is 15.9 Å². The molecule has 1 aromatic rings. The van der Waals surface area contributed by atoms with Crippen molar-refractivity contribution in [3.05, 3.63) is 24.3 Å². The predicted molar refractivity (Wildman–Crippen MR) is 101 cm³/mol. The van der Waals surface area contributed by atoms with E-state index >= 15 is 0 Å². The first kappa shape index (κ1) is 20.5. The average molecular weight is 384 g/mol. The lowest BCUT2D eigenvalue weighted by Crippen LogP contribution is -2.41. The van der Waals surface area contributed by atoms with E-state index in [0.717, 1.165) is 12.8 Å². The van der Waals surface area contributed by atoms with Crippen molar-refractivity contribution in [2.45, 2.75) is 45.8 Å². The van der Waals surface area contributed by atoms with Gasteiger partial charge in [-0.15, -0.1) is 0 Å². The maximum absolute atomic E-state index is 12.4. The van der Waals surface area contributed by atoms with Gasteiger partial charge >= 0.3 is 0 Å². The Kier molecular flexibility index (Phi) is 7.28. The number of ether oxygens (including phenoxy) is 2. The second-order valence-corrected chi connectivity index (χ2v) is 8.34. The van der Waals surface area contributed by atoms with Crippen molar-refractivity contribution in [1.82, 2.24) is 4.90 Å². The van der Waals surface area contributed by atoms with Gasteiger partial charge in [-0.2, -0.15) is 0 Å². The number of amides is 1. The third kappa shape index (κ3) is 6.49. The van der Waals surface area contributed by atoms with E-state index < -0.39 is 21.7 Å². The number of nitrogens with zero attached hydrogens (tertiary/aromatic N) is 1. The fourth-order valence-electron chi connectivity index (χ4n) is 2.78. The monoisotopic (exact) mass is 384 g/mol. The Morgan fingerprint density at radius 2 is 2.04 bits per heavy atom. The second-order valence-electron chi connectivity index (χ2n) is 6.62. The second kappa shape index (κ2) is 9.23. The third-order valence-corrected chi connectivity index (χ3v) is 5.17. The first-order valence-corrected chi connectivity index (χ1v) is 10.6. The van der Waals surface area contributed by atoms with Crippen LogP contribution in [-0.4, -0.2) is 56.9 Å². The van der Waals surface area contributed by atoms with Gasteiger partial charge < -0.3 is 14.4 Å². The molecule has 1 saturated heterocycles. The Morgan fingerprint density at radius 3 is 2.58 bits per heavy atom. The average Bonchev–Trinajstić information content (AvgIpc) is 3.06. The molecule has 1 N–H and O–H groups in total. The number of nitrogens with one attached hydrogen (secondary N) is 1. The molecule has 1 fully saturated rings. The smallest absolute Gasteiger partial charge is 0.241 e. The Morgan fingerprint density at radius 1 is 1.35 bits per heavy atom. The number of carbonyl (C=O) groups is 1. The molecule has 1 aliphatic rings. The van der Waals surface area contributed by atoms with Gasteiger partial charge in [-0.3, -0.25) is 9.52 Å². The van der Waals surface area contributed by atoms with Crippen molar-refractivity contribution in [2.24, 2.45) is 0 Å². The van der Waals surface area contributed by atoms with Crippen LogP contribution in [0.5, 0.6) is 5.75 Å². The van der Waals surface area contributed by atoms with Gasteiger partial charge in [0, 0.05) is 25.4 Å². The van der Waals surface area contributed by atoms with Crippen LogP contribution in [0, 0.1) is 0 Å². The van der Waals surface area contributed by atoms with Gasteiger partial charge in [-0.05, 0) is 57.9 Å². The van der Waals surface area contributed by atoms with E-state index in [1.807, 2.05) is 20.8 Å². The van der Waals surface area contributed by atoms with Crippen molar-refractivity contribution in [3.63, 3.8) is 0 Å². The highest BCUT2D eigenvalue weighted by Gasteiger charge is 2.25. The maximum atomic E-state index is 12.4. The highest BCUT2D eigenvalue weighted by molar-refractivity contribution is 7.93. The number of anilines is 1. The first-order valence-electron chi connectivity index (χ1n) is 8.95.